The van der Waals surface area contributed by atoms with Gasteiger partial charge in [-0.2, -0.15) is 0 Å². The Balaban J connectivity index is 1.68. The molecule has 3 nitrogen and oxygen atoms in total. The molecule has 1 amide bonds. The van der Waals surface area contributed by atoms with Crippen LogP contribution in [0.5, 0.6) is 0 Å². The number of rotatable bonds is 3. The third-order valence-corrected chi connectivity index (χ3v) is 4.54. The molecular weight excluding hydrogens is 310 g/mol. The molecule has 0 N–H and O–H groups in total. The van der Waals surface area contributed by atoms with Crippen molar-refractivity contribution in [2.45, 2.75) is 18.6 Å². The van der Waals surface area contributed by atoms with E-state index < -0.39 is 0 Å². The number of carbonyl (C=O) groups is 1. The summed E-state index contributed by atoms with van der Waals surface area (Å²) in [6.07, 6.45) is 0.617. The second kappa shape index (κ2) is 6.91. The summed E-state index contributed by atoms with van der Waals surface area (Å²) in [6.45, 7) is 0. The van der Waals surface area contributed by atoms with Crippen molar-refractivity contribution in [3.63, 3.8) is 0 Å². The predicted octanol–water partition coefficient (Wildman–Crippen LogP) is 4.95. The summed E-state index contributed by atoms with van der Waals surface area (Å²) >= 11 is 0. The van der Waals surface area contributed by atoms with Gasteiger partial charge in [0.2, 0.25) is 0 Å². The van der Waals surface area contributed by atoms with Gasteiger partial charge in [0.1, 0.15) is 6.10 Å². The van der Waals surface area contributed by atoms with Crippen LogP contribution in [-0.2, 0) is 4.84 Å². The molecule has 3 aromatic carbocycles. The van der Waals surface area contributed by atoms with Gasteiger partial charge >= 0.3 is 0 Å². The molecule has 1 aliphatic rings. The van der Waals surface area contributed by atoms with Crippen molar-refractivity contribution in [3.05, 3.63) is 108 Å². The summed E-state index contributed by atoms with van der Waals surface area (Å²) in [5, 5.41) is 1.54. The van der Waals surface area contributed by atoms with E-state index in [4.69, 9.17) is 4.84 Å². The topological polar surface area (TPSA) is 29.5 Å². The largest absolute Gasteiger partial charge is 0.278 e. The number of hydrogen-bond acceptors (Lipinski definition) is 2. The maximum Gasteiger partial charge on any atom is 0.278 e. The van der Waals surface area contributed by atoms with Crippen LogP contribution in [0.4, 0.5) is 0 Å². The van der Waals surface area contributed by atoms with E-state index in [9.17, 15) is 4.79 Å². The predicted molar refractivity (Wildman–Crippen MR) is 96.7 cm³/mol. The van der Waals surface area contributed by atoms with E-state index in [0.717, 1.165) is 17.5 Å². The minimum atomic E-state index is -0.126. The van der Waals surface area contributed by atoms with E-state index in [1.165, 1.54) is 0 Å². The van der Waals surface area contributed by atoms with Crippen molar-refractivity contribution in [3.8, 4) is 0 Å². The van der Waals surface area contributed by atoms with Crippen LogP contribution in [0.15, 0.2) is 91.0 Å². The molecule has 4 rings (SSSR count). The highest BCUT2D eigenvalue weighted by atomic mass is 16.7. The maximum absolute atomic E-state index is 13.0. The van der Waals surface area contributed by atoms with Crippen LogP contribution in [0, 0.1) is 0 Å². The molecule has 0 bridgehead atoms. The van der Waals surface area contributed by atoms with Crippen LogP contribution in [0.1, 0.15) is 40.1 Å². The molecule has 2 atom stereocenters. The van der Waals surface area contributed by atoms with Crippen LogP contribution in [-0.4, -0.2) is 11.0 Å². The Morgan fingerprint density at radius 1 is 0.760 bits per heavy atom. The van der Waals surface area contributed by atoms with Gasteiger partial charge in [0.05, 0.1) is 6.04 Å². The van der Waals surface area contributed by atoms with Crippen LogP contribution in [0.25, 0.3) is 0 Å². The van der Waals surface area contributed by atoms with E-state index in [0.29, 0.717) is 5.56 Å². The first-order valence-electron chi connectivity index (χ1n) is 8.48. The molecule has 124 valence electrons. The molecule has 1 heterocycles. The van der Waals surface area contributed by atoms with Gasteiger partial charge in [0.15, 0.2) is 0 Å². The minimum absolute atomic E-state index is 0.0980. The Bertz CT molecular complexity index is 834. The van der Waals surface area contributed by atoms with Crippen molar-refractivity contribution in [2.75, 3.05) is 0 Å². The highest BCUT2D eigenvalue weighted by Gasteiger charge is 2.38. The highest BCUT2D eigenvalue weighted by Crippen LogP contribution is 2.42. The molecule has 3 heteroatoms. The molecule has 25 heavy (non-hydrogen) atoms. The van der Waals surface area contributed by atoms with E-state index in [-0.39, 0.29) is 18.1 Å². The van der Waals surface area contributed by atoms with Gasteiger partial charge < -0.3 is 0 Å². The summed E-state index contributed by atoms with van der Waals surface area (Å²) in [5.74, 6) is -0.104. The van der Waals surface area contributed by atoms with Crippen molar-refractivity contribution in [1.82, 2.24) is 5.06 Å². The molecule has 0 saturated carbocycles. The maximum atomic E-state index is 13.0. The van der Waals surface area contributed by atoms with E-state index in [1.54, 1.807) is 5.06 Å². The van der Waals surface area contributed by atoms with Crippen LogP contribution in [0.3, 0.4) is 0 Å². The molecule has 0 spiro atoms. The third-order valence-electron chi connectivity index (χ3n) is 4.54. The van der Waals surface area contributed by atoms with Gasteiger partial charge in [-0.15, -0.1) is 0 Å². The number of benzene rings is 3. The normalized spacial score (nSPS) is 19.8. The Labute approximate surface area is 147 Å². The second-order valence-electron chi connectivity index (χ2n) is 6.16. The van der Waals surface area contributed by atoms with Crippen molar-refractivity contribution >= 4 is 5.91 Å². The van der Waals surface area contributed by atoms with Crippen LogP contribution in [0.2, 0.25) is 0 Å². The summed E-state index contributed by atoms with van der Waals surface area (Å²) < 4.78 is 0. The monoisotopic (exact) mass is 329 g/mol. The summed E-state index contributed by atoms with van der Waals surface area (Å²) in [4.78, 5) is 19.1. The van der Waals surface area contributed by atoms with Gasteiger partial charge in [0.25, 0.3) is 5.91 Å². The fourth-order valence-corrected chi connectivity index (χ4v) is 3.26. The lowest BCUT2D eigenvalue weighted by atomic mass is 9.98. The first-order chi connectivity index (χ1) is 12.3. The zero-order chi connectivity index (χ0) is 17.1. The van der Waals surface area contributed by atoms with E-state index in [2.05, 4.69) is 0 Å². The Hall–Kier alpha value is -2.91. The van der Waals surface area contributed by atoms with Crippen LogP contribution >= 0.6 is 0 Å². The Kier molecular flexibility index (Phi) is 4.32. The molecule has 1 fully saturated rings. The van der Waals surface area contributed by atoms with Gasteiger partial charge in [-0.3, -0.25) is 9.63 Å². The zero-order valence-electron chi connectivity index (χ0n) is 13.8. The van der Waals surface area contributed by atoms with Crippen molar-refractivity contribution in [1.29, 1.82) is 0 Å². The lowest BCUT2D eigenvalue weighted by molar-refractivity contribution is -0.129. The second-order valence-corrected chi connectivity index (χ2v) is 6.16. The van der Waals surface area contributed by atoms with Crippen LogP contribution < -0.4 is 0 Å². The SMILES string of the molecule is O=C(c1ccccc1)N1O[C@H](c2ccccc2)C[C@H]1c1ccccc1. The quantitative estimate of drug-likeness (QED) is 0.680. The number of amides is 1. The molecular formula is C22H19NO2. The first kappa shape index (κ1) is 15.6. The fourth-order valence-electron chi connectivity index (χ4n) is 3.26. The molecule has 3 aromatic rings. The zero-order valence-corrected chi connectivity index (χ0v) is 13.8. The molecule has 0 radical (unpaired) electrons. The average Bonchev–Trinajstić information content (AvgIpc) is 3.15. The van der Waals surface area contributed by atoms with Crippen molar-refractivity contribution in [2.24, 2.45) is 0 Å². The van der Waals surface area contributed by atoms with Gasteiger partial charge in [-0.05, 0) is 23.3 Å². The number of hydroxylamine groups is 2. The third kappa shape index (κ3) is 3.19. The number of carbonyl (C=O) groups excluding carboxylic acids is 1. The first-order valence-corrected chi connectivity index (χ1v) is 8.48. The van der Waals surface area contributed by atoms with E-state index in [1.807, 2.05) is 91.0 Å². The molecule has 1 aliphatic heterocycles. The average molecular weight is 329 g/mol. The highest BCUT2D eigenvalue weighted by molar-refractivity contribution is 5.93. The minimum Gasteiger partial charge on any atom is -0.267 e. The summed E-state index contributed by atoms with van der Waals surface area (Å²) in [5.41, 5.74) is 2.81. The smallest absolute Gasteiger partial charge is 0.267 e. The number of nitrogens with zero attached hydrogens (tertiary/aromatic N) is 1. The Morgan fingerprint density at radius 2 is 1.28 bits per heavy atom. The summed E-state index contributed by atoms with van der Waals surface area (Å²) in [6, 6.07) is 29.3. The fraction of sp³-hybridized carbons (Fsp3) is 0.136. The standard InChI is InChI=1S/C22H19NO2/c24-22(19-14-8-3-9-15-19)23-20(17-10-4-1-5-11-17)16-21(25-23)18-12-6-2-7-13-18/h1-15,20-21H,16H2/t20-,21-/m0/s1. The Morgan fingerprint density at radius 3 is 1.88 bits per heavy atom. The summed E-state index contributed by atoms with van der Waals surface area (Å²) in [7, 11) is 0. The van der Waals surface area contributed by atoms with Gasteiger partial charge in [-0.25, -0.2) is 5.06 Å². The molecule has 0 aliphatic carbocycles. The molecule has 1 saturated heterocycles. The lowest BCUT2D eigenvalue weighted by Crippen LogP contribution is -2.29. The lowest BCUT2D eigenvalue weighted by Gasteiger charge is -2.23. The molecule has 0 unspecified atom stereocenters. The van der Waals surface area contributed by atoms with Gasteiger partial charge in [0, 0.05) is 12.0 Å². The van der Waals surface area contributed by atoms with E-state index >= 15 is 0 Å². The van der Waals surface area contributed by atoms with Gasteiger partial charge in [-0.1, -0.05) is 78.9 Å². The molecule has 0 aromatic heterocycles. The number of hydrogen-bond donors (Lipinski definition) is 0. The van der Waals surface area contributed by atoms with Crippen molar-refractivity contribution < 1.29 is 9.63 Å².